The summed E-state index contributed by atoms with van der Waals surface area (Å²) in [7, 11) is 0. The van der Waals surface area contributed by atoms with Crippen LogP contribution in [0.4, 0.5) is 0 Å². The summed E-state index contributed by atoms with van der Waals surface area (Å²) >= 11 is 0. The molecule has 4 heterocycles. The molecule has 4 aliphatic carbocycles. The predicted octanol–water partition coefficient (Wildman–Crippen LogP) is 4.16. The van der Waals surface area contributed by atoms with Gasteiger partial charge in [-0.1, -0.05) is 74.0 Å². The molecule has 2 aromatic carbocycles. The van der Waals surface area contributed by atoms with E-state index in [2.05, 4.69) is 73.9 Å². The fraction of sp³-hybridized carbons (Fsp3) is 0.622. The number of fused-ring (bicyclic) bond motifs is 7. The van der Waals surface area contributed by atoms with Crippen molar-refractivity contribution in [1.29, 1.82) is 0 Å². The SMILES string of the molecule is CC1(C)C[C@@H]2C(=Cc3ccc(CN4O[C@@H]5[C@H]6OC7(Cc8ccccc8C7)O[C@H]6[C@H]6C[C@]5(C(=O)NCCC(=O)NCCO)[C@@H]4C(=O)O6)cc3)CCC3O[C@]3(C)CC[C@H]21. The van der Waals surface area contributed by atoms with Crippen molar-refractivity contribution >= 4 is 23.9 Å². The Morgan fingerprint density at radius 3 is 2.42 bits per heavy atom. The normalized spacial score (nSPS) is 38.4. The van der Waals surface area contributed by atoms with Crippen LogP contribution in [0.5, 0.6) is 0 Å². The summed E-state index contributed by atoms with van der Waals surface area (Å²) in [6.07, 6.45) is 6.94. The Morgan fingerprint density at radius 1 is 0.930 bits per heavy atom. The zero-order chi connectivity index (χ0) is 39.3. The van der Waals surface area contributed by atoms with E-state index in [1.807, 2.05) is 12.1 Å². The molecule has 8 aliphatic rings. The van der Waals surface area contributed by atoms with Crippen molar-refractivity contribution in [3.8, 4) is 0 Å². The lowest BCUT2D eigenvalue weighted by molar-refractivity contribution is -0.217. The van der Waals surface area contributed by atoms with Gasteiger partial charge >= 0.3 is 5.97 Å². The van der Waals surface area contributed by atoms with Gasteiger partial charge in [0, 0.05) is 38.8 Å². The summed E-state index contributed by atoms with van der Waals surface area (Å²) in [5.74, 6) is -0.878. The summed E-state index contributed by atoms with van der Waals surface area (Å²) in [6.45, 7) is 7.38. The average Bonchev–Trinajstić information content (AvgIpc) is 3.47. The van der Waals surface area contributed by atoms with Crippen molar-refractivity contribution < 1.29 is 43.3 Å². The van der Waals surface area contributed by atoms with E-state index >= 15 is 0 Å². The molecule has 304 valence electrons. The molecular formula is C45H55N3O9. The van der Waals surface area contributed by atoms with Crippen molar-refractivity contribution in [2.45, 2.75) is 133 Å². The van der Waals surface area contributed by atoms with E-state index in [1.165, 1.54) is 18.4 Å². The number of esters is 1. The van der Waals surface area contributed by atoms with Crippen LogP contribution in [0.1, 0.15) is 88.0 Å². The van der Waals surface area contributed by atoms with Crippen LogP contribution in [0.3, 0.4) is 0 Å². The van der Waals surface area contributed by atoms with Gasteiger partial charge in [-0.05, 0) is 78.5 Å². The number of nitrogens with zero attached hydrogens (tertiary/aromatic N) is 1. The van der Waals surface area contributed by atoms with E-state index in [0.29, 0.717) is 36.2 Å². The van der Waals surface area contributed by atoms with Crippen LogP contribution in [-0.2, 0) is 57.6 Å². The van der Waals surface area contributed by atoms with Crippen molar-refractivity contribution in [3.63, 3.8) is 0 Å². The molecule has 4 saturated heterocycles. The third-order valence-corrected chi connectivity index (χ3v) is 14.8. The number of aliphatic hydroxyl groups is 1. The van der Waals surface area contributed by atoms with Crippen molar-refractivity contribution in [1.82, 2.24) is 15.7 Å². The highest BCUT2D eigenvalue weighted by atomic mass is 16.8. The van der Waals surface area contributed by atoms with Gasteiger partial charge in [0.25, 0.3) is 0 Å². The number of hydrogen-bond acceptors (Lipinski definition) is 10. The highest BCUT2D eigenvalue weighted by Crippen LogP contribution is 2.61. The Kier molecular flexibility index (Phi) is 9.04. The number of rotatable bonds is 9. The molecule has 0 radical (unpaired) electrons. The van der Waals surface area contributed by atoms with E-state index in [0.717, 1.165) is 41.5 Å². The first-order chi connectivity index (χ1) is 27.4. The van der Waals surface area contributed by atoms with Gasteiger partial charge in [-0.2, -0.15) is 5.06 Å². The molecule has 0 aromatic heterocycles. The molecule has 4 aliphatic heterocycles. The van der Waals surface area contributed by atoms with Crippen LogP contribution in [0, 0.1) is 22.7 Å². The van der Waals surface area contributed by atoms with Crippen molar-refractivity contribution in [2.24, 2.45) is 22.7 Å². The number of carbonyl (C=O) groups is 3. The molecule has 2 bridgehead atoms. The molecule has 3 saturated carbocycles. The maximum Gasteiger partial charge on any atom is 0.327 e. The van der Waals surface area contributed by atoms with Gasteiger partial charge < -0.3 is 34.7 Å². The van der Waals surface area contributed by atoms with Crippen LogP contribution in [0.25, 0.3) is 6.08 Å². The molecular weight excluding hydrogens is 727 g/mol. The van der Waals surface area contributed by atoms with Crippen LogP contribution in [0.2, 0.25) is 0 Å². The van der Waals surface area contributed by atoms with Gasteiger partial charge in [-0.3, -0.25) is 19.2 Å². The lowest BCUT2D eigenvalue weighted by atomic mass is 9.52. The second kappa shape index (κ2) is 13.7. The Hall–Kier alpha value is -3.65. The maximum absolute atomic E-state index is 14.5. The second-order valence-corrected chi connectivity index (χ2v) is 18.9. The van der Waals surface area contributed by atoms with Crippen molar-refractivity contribution in [3.05, 3.63) is 76.4 Å². The molecule has 10 rings (SSSR count). The highest BCUT2D eigenvalue weighted by molar-refractivity contribution is 5.94. The third kappa shape index (κ3) is 6.28. The average molecular weight is 782 g/mol. The molecule has 2 amide bonds. The van der Waals surface area contributed by atoms with Gasteiger partial charge in [0.05, 0.1) is 24.9 Å². The number of allylic oxidation sites excluding steroid dienone is 1. The van der Waals surface area contributed by atoms with E-state index in [1.54, 1.807) is 5.06 Å². The van der Waals surface area contributed by atoms with Gasteiger partial charge in [-0.25, -0.2) is 0 Å². The number of benzene rings is 2. The lowest BCUT2D eigenvalue weighted by Crippen LogP contribution is -2.69. The summed E-state index contributed by atoms with van der Waals surface area (Å²) in [6, 6.07) is 15.6. The molecule has 10 atom stereocenters. The minimum absolute atomic E-state index is 0.0258. The third-order valence-electron chi connectivity index (χ3n) is 14.8. The Bertz CT molecular complexity index is 1960. The van der Waals surface area contributed by atoms with Crippen LogP contribution >= 0.6 is 0 Å². The number of epoxide rings is 1. The minimum Gasteiger partial charge on any atom is -0.458 e. The van der Waals surface area contributed by atoms with Gasteiger partial charge in [-0.15, -0.1) is 0 Å². The fourth-order valence-corrected chi connectivity index (χ4v) is 11.8. The number of hydrogen-bond donors (Lipinski definition) is 3. The topological polar surface area (TPSA) is 148 Å². The first-order valence-corrected chi connectivity index (χ1v) is 21.1. The maximum atomic E-state index is 14.5. The molecule has 57 heavy (non-hydrogen) atoms. The number of hydroxylamine groups is 2. The van der Waals surface area contributed by atoms with Crippen LogP contribution in [-0.4, -0.2) is 95.6 Å². The van der Waals surface area contributed by atoms with Gasteiger partial charge in [0.2, 0.25) is 11.8 Å². The van der Waals surface area contributed by atoms with Gasteiger partial charge in [0.1, 0.15) is 29.8 Å². The monoisotopic (exact) mass is 781 g/mol. The number of nitrogens with one attached hydrogen (secondary N) is 2. The Morgan fingerprint density at radius 2 is 1.68 bits per heavy atom. The molecule has 7 fully saturated rings. The zero-order valence-electron chi connectivity index (χ0n) is 33.2. The second-order valence-electron chi connectivity index (χ2n) is 18.9. The van der Waals surface area contributed by atoms with E-state index in [-0.39, 0.29) is 56.5 Å². The van der Waals surface area contributed by atoms with E-state index in [9.17, 15) is 14.4 Å². The standard InChI is InChI=1S/C45H55N3O9/c1-42(2)23-31-28(12-13-34-43(3,54-34)16-14-32(31)42)20-26-8-10-27(11-9-26)25-48-38-40(51)53-33-24-45(38,41(52)47-17-15-35(50)46-18-19-49)39(57-48)37-36(33)55-44(56-37)21-29-6-4-5-7-30(29)22-44/h4-11,20,31-34,36-39,49H,12-19,21-25H2,1-3H3,(H,46,50)(H,47,52)/t31-,32-,33-,34?,36+,37+,38+,39-,43-,45+/m1/s1. The predicted molar refractivity (Wildman–Crippen MR) is 207 cm³/mol. The lowest BCUT2D eigenvalue weighted by Gasteiger charge is -2.53. The summed E-state index contributed by atoms with van der Waals surface area (Å²) in [5.41, 5.74) is 4.95. The number of aliphatic hydroxyl groups excluding tert-OH is 1. The number of amides is 2. The molecule has 3 N–H and O–H groups in total. The zero-order valence-corrected chi connectivity index (χ0v) is 33.2. The smallest absolute Gasteiger partial charge is 0.327 e. The molecule has 1 unspecified atom stereocenters. The number of ether oxygens (including phenoxy) is 4. The quantitative estimate of drug-likeness (QED) is 0.251. The fourth-order valence-electron chi connectivity index (χ4n) is 11.8. The first-order valence-electron chi connectivity index (χ1n) is 21.1. The number of carbonyl (C=O) groups excluding carboxylic acids is 3. The largest absolute Gasteiger partial charge is 0.458 e. The van der Waals surface area contributed by atoms with Crippen LogP contribution in [0.15, 0.2) is 54.1 Å². The molecule has 2 aromatic rings. The summed E-state index contributed by atoms with van der Waals surface area (Å²) < 4.78 is 25.9. The molecule has 12 nitrogen and oxygen atoms in total. The highest BCUT2D eigenvalue weighted by Gasteiger charge is 2.76. The Balaban J connectivity index is 0.907. The van der Waals surface area contributed by atoms with Gasteiger partial charge in [0.15, 0.2) is 11.8 Å². The molecule has 1 spiro atoms. The van der Waals surface area contributed by atoms with E-state index < -0.39 is 47.6 Å². The minimum atomic E-state index is -1.33. The van der Waals surface area contributed by atoms with Crippen LogP contribution < -0.4 is 10.6 Å². The van der Waals surface area contributed by atoms with E-state index in [4.69, 9.17) is 28.9 Å². The summed E-state index contributed by atoms with van der Waals surface area (Å²) in [4.78, 5) is 47.8. The first kappa shape index (κ1) is 37.6. The summed E-state index contributed by atoms with van der Waals surface area (Å²) in [5, 5.41) is 16.3. The molecule has 12 heteroatoms. The Labute approximate surface area is 333 Å². The van der Waals surface area contributed by atoms with Crippen molar-refractivity contribution in [2.75, 3.05) is 19.7 Å².